The molecule has 0 bridgehead atoms. The quantitative estimate of drug-likeness (QED) is 0.206. The molecule has 130 valence electrons. The van der Waals surface area contributed by atoms with Gasteiger partial charge in [0.2, 0.25) is 5.52 Å². The van der Waals surface area contributed by atoms with E-state index in [1.165, 1.54) is 6.07 Å². The summed E-state index contributed by atoms with van der Waals surface area (Å²) in [6, 6.07) is 0.924. The normalized spacial score (nSPS) is 16.3. The molecule has 0 aliphatic rings. The van der Waals surface area contributed by atoms with Gasteiger partial charge < -0.3 is 30.5 Å². The standard InChI is InChI=1S/C12H14N4O8/c17-3-6(11(20)12(21)8(19)4-18)13-5-1-2-7(16(22)23)10-9(5)14-24-15-10/h1-3,6,8,11-13,18-21H,4H2. The number of rotatable bonds is 8. The molecule has 24 heavy (non-hydrogen) atoms. The molecule has 2 aromatic rings. The molecule has 5 N–H and O–H groups in total. The number of benzene rings is 1. The Labute approximate surface area is 133 Å². The first-order valence-corrected chi connectivity index (χ1v) is 6.67. The van der Waals surface area contributed by atoms with Crippen LogP contribution in [-0.2, 0) is 4.79 Å². The largest absolute Gasteiger partial charge is 0.394 e. The number of aliphatic hydroxyl groups is 4. The maximum absolute atomic E-state index is 11.2. The third kappa shape index (κ3) is 3.30. The van der Waals surface area contributed by atoms with Crippen molar-refractivity contribution < 1.29 is 34.8 Å². The predicted octanol–water partition coefficient (Wildman–Crippen LogP) is -1.81. The van der Waals surface area contributed by atoms with Crippen molar-refractivity contribution in [2.24, 2.45) is 0 Å². The summed E-state index contributed by atoms with van der Waals surface area (Å²) in [6.45, 7) is -0.821. The average molecular weight is 342 g/mol. The molecule has 0 aliphatic carbocycles. The number of aromatic nitrogens is 2. The van der Waals surface area contributed by atoms with Crippen molar-refractivity contribution >= 4 is 28.7 Å². The van der Waals surface area contributed by atoms with E-state index in [9.17, 15) is 30.2 Å². The van der Waals surface area contributed by atoms with Gasteiger partial charge in [-0.2, -0.15) is 0 Å². The number of nitro groups is 1. The van der Waals surface area contributed by atoms with Gasteiger partial charge in [0, 0.05) is 6.07 Å². The van der Waals surface area contributed by atoms with Gasteiger partial charge in [0.05, 0.1) is 17.2 Å². The lowest BCUT2D eigenvalue weighted by atomic mass is 10.0. The number of non-ortho nitro benzene ring substituents is 1. The van der Waals surface area contributed by atoms with Crippen molar-refractivity contribution in [3.63, 3.8) is 0 Å². The predicted molar refractivity (Wildman–Crippen MR) is 77.0 cm³/mol. The number of hydrogen-bond acceptors (Lipinski definition) is 11. The fraction of sp³-hybridized carbons (Fsp3) is 0.417. The van der Waals surface area contributed by atoms with Crippen molar-refractivity contribution in [2.45, 2.75) is 24.4 Å². The number of carbonyl (C=O) groups excluding carboxylic acids is 1. The average Bonchev–Trinajstić information content (AvgIpc) is 3.07. The molecule has 1 heterocycles. The molecule has 0 aliphatic heterocycles. The number of carbonyl (C=O) groups is 1. The van der Waals surface area contributed by atoms with Gasteiger partial charge in [0.15, 0.2) is 5.52 Å². The van der Waals surface area contributed by atoms with E-state index in [1.807, 2.05) is 0 Å². The van der Waals surface area contributed by atoms with E-state index in [2.05, 4.69) is 20.3 Å². The van der Waals surface area contributed by atoms with E-state index in [1.54, 1.807) is 0 Å². The van der Waals surface area contributed by atoms with E-state index in [-0.39, 0.29) is 28.7 Å². The Bertz CT molecular complexity index is 735. The Kier molecular flexibility index (Phi) is 5.35. The van der Waals surface area contributed by atoms with Gasteiger partial charge in [-0.15, -0.1) is 0 Å². The summed E-state index contributed by atoms with van der Waals surface area (Å²) in [5.74, 6) is 0. The van der Waals surface area contributed by atoms with Crippen molar-refractivity contribution in [1.29, 1.82) is 0 Å². The molecule has 12 heteroatoms. The molecule has 1 aromatic heterocycles. The van der Waals surface area contributed by atoms with Crippen LogP contribution < -0.4 is 5.32 Å². The van der Waals surface area contributed by atoms with Crippen LogP contribution in [0.25, 0.3) is 11.0 Å². The number of aliphatic hydroxyl groups excluding tert-OH is 4. The molecule has 0 radical (unpaired) electrons. The zero-order valence-electron chi connectivity index (χ0n) is 12.0. The minimum atomic E-state index is -1.80. The summed E-state index contributed by atoms with van der Waals surface area (Å²) in [5, 5.41) is 58.0. The van der Waals surface area contributed by atoms with E-state index in [0.29, 0.717) is 0 Å². The van der Waals surface area contributed by atoms with Crippen LogP contribution in [0.4, 0.5) is 11.4 Å². The van der Waals surface area contributed by atoms with Crippen molar-refractivity contribution in [3.05, 3.63) is 22.2 Å². The molecule has 0 fully saturated rings. The molecular formula is C12H14N4O8. The second-order valence-corrected chi connectivity index (χ2v) is 4.89. The first kappa shape index (κ1) is 17.7. The molecule has 0 saturated heterocycles. The Balaban J connectivity index is 2.30. The van der Waals surface area contributed by atoms with Gasteiger partial charge in [-0.1, -0.05) is 0 Å². The highest BCUT2D eigenvalue weighted by Gasteiger charge is 2.32. The minimum absolute atomic E-state index is 0.0551. The summed E-state index contributed by atoms with van der Waals surface area (Å²) in [7, 11) is 0. The summed E-state index contributed by atoms with van der Waals surface area (Å²) in [5.41, 5.74) is -0.505. The molecule has 12 nitrogen and oxygen atoms in total. The Morgan fingerprint density at radius 3 is 2.50 bits per heavy atom. The van der Waals surface area contributed by atoms with E-state index in [0.717, 1.165) is 6.07 Å². The second kappa shape index (κ2) is 7.27. The van der Waals surface area contributed by atoms with Gasteiger partial charge in [0.25, 0.3) is 0 Å². The number of nitrogens with zero attached hydrogens (tertiary/aromatic N) is 3. The van der Waals surface area contributed by atoms with E-state index in [4.69, 9.17) is 5.11 Å². The number of nitro benzene ring substituents is 1. The summed E-state index contributed by atoms with van der Waals surface area (Å²) in [4.78, 5) is 21.4. The maximum Gasteiger partial charge on any atom is 0.300 e. The number of anilines is 1. The molecule has 2 rings (SSSR count). The van der Waals surface area contributed by atoms with E-state index >= 15 is 0 Å². The van der Waals surface area contributed by atoms with E-state index < -0.39 is 35.9 Å². The van der Waals surface area contributed by atoms with Crippen molar-refractivity contribution in [2.75, 3.05) is 11.9 Å². The number of nitrogens with one attached hydrogen (secondary N) is 1. The fourth-order valence-corrected chi connectivity index (χ4v) is 2.04. The van der Waals surface area contributed by atoms with Crippen LogP contribution in [-0.4, -0.2) is 72.9 Å². The highest BCUT2D eigenvalue weighted by atomic mass is 16.6. The van der Waals surface area contributed by atoms with Gasteiger partial charge in [0.1, 0.15) is 30.6 Å². The van der Waals surface area contributed by atoms with Crippen LogP contribution in [0.15, 0.2) is 16.8 Å². The Morgan fingerprint density at radius 1 is 1.25 bits per heavy atom. The summed E-state index contributed by atoms with van der Waals surface area (Å²) in [6.07, 6.45) is -4.97. The molecule has 4 unspecified atom stereocenters. The molecule has 0 saturated carbocycles. The molecule has 0 amide bonds. The Morgan fingerprint density at radius 2 is 1.92 bits per heavy atom. The summed E-state index contributed by atoms with van der Waals surface area (Å²) < 4.78 is 4.46. The minimum Gasteiger partial charge on any atom is -0.394 e. The lowest BCUT2D eigenvalue weighted by Crippen LogP contribution is -2.49. The highest BCUT2D eigenvalue weighted by molar-refractivity contribution is 5.94. The number of fused-ring (bicyclic) bond motifs is 1. The van der Waals surface area contributed by atoms with Crippen LogP contribution in [0.5, 0.6) is 0 Å². The van der Waals surface area contributed by atoms with Crippen LogP contribution in [0, 0.1) is 10.1 Å². The van der Waals surface area contributed by atoms with Crippen LogP contribution in [0.1, 0.15) is 0 Å². The third-order valence-electron chi connectivity index (χ3n) is 3.36. The van der Waals surface area contributed by atoms with Crippen LogP contribution in [0.2, 0.25) is 0 Å². The Hall–Kier alpha value is -2.67. The first-order valence-electron chi connectivity index (χ1n) is 6.67. The van der Waals surface area contributed by atoms with Gasteiger partial charge in [-0.25, -0.2) is 4.63 Å². The fourth-order valence-electron chi connectivity index (χ4n) is 2.04. The maximum atomic E-state index is 11.2. The SMILES string of the molecule is O=CC(Nc1ccc([N+](=O)[O-])c2nonc12)C(O)C(O)C(O)CO. The van der Waals surface area contributed by atoms with Gasteiger partial charge >= 0.3 is 5.69 Å². The van der Waals surface area contributed by atoms with Gasteiger partial charge in [-0.05, 0) is 16.4 Å². The van der Waals surface area contributed by atoms with Crippen molar-refractivity contribution in [3.8, 4) is 0 Å². The third-order valence-corrected chi connectivity index (χ3v) is 3.36. The number of hydrogen-bond donors (Lipinski definition) is 5. The van der Waals surface area contributed by atoms with Crippen LogP contribution >= 0.6 is 0 Å². The summed E-state index contributed by atoms with van der Waals surface area (Å²) >= 11 is 0. The lowest BCUT2D eigenvalue weighted by Gasteiger charge is -2.26. The lowest BCUT2D eigenvalue weighted by molar-refractivity contribution is -0.383. The number of aldehydes is 1. The second-order valence-electron chi connectivity index (χ2n) is 4.89. The monoisotopic (exact) mass is 342 g/mol. The molecule has 1 aromatic carbocycles. The van der Waals surface area contributed by atoms with Crippen LogP contribution in [0.3, 0.4) is 0 Å². The first-order chi connectivity index (χ1) is 11.4. The topological polar surface area (TPSA) is 192 Å². The molecule has 0 spiro atoms. The smallest absolute Gasteiger partial charge is 0.300 e. The van der Waals surface area contributed by atoms with Crippen molar-refractivity contribution in [1.82, 2.24) is 10.3 Å². The zero-order valence-corrected chi connectivity index (χ0v) is 12.0. The molecule has 4 atom stereocenters. The highest BCUT2D eigenvalue weighted by Crippen LogP contribution is 2.29. The molecular weight excluding hydrogens is 328 g/mol. The van der Waals surface area contributed by atoms with Gasteiger partial charge in [-0.3, -0.25) is 10.1 Å². The zero-order chi connectivity index (χ0) is 17.9.